The molecule has 5 heteroatoms. The second kappa shape index (κ2) is 5.16. The first-order valence-corrected chi connectivity index (χ1v) is 8.24. The van der Waals surface area contributed by atoms with E-state index >= 15 is 0 Å². The van der Waals surface area contributed by atoms with Crippen LogP contribution >= 0.6 is 0 Å². The van der Waals surface area contributed by atoms with E-state index in [0.29, 0.717) is 24.5 Å². The molecule has 0 aliphatic carbocycles. The first-order valence-electron chi connectivity index (χ1n) is 6.80. The van der Waals surface area contributed by atoms with Crippen LogP contribution in [0.2, 0.25) is 0 Å². The normalized spacial score (nSPS) is 21.1. The van der Waals surface area contributed by atoms with Gasteiger partial charge in [-0.15, -0.1) is 0 Å². The molecule has 0 aromatic heterocycles. The minimum absolute atomic E-state index is 0.194. The van der Waals surface area contributed by atoms with Crippen molar-refractivity contribution >= 4 is 20.8 Å². The molecule has 1 aliphatic rings. The highest BCUT2D eigenvalue weighted by molar-refractivity contribution is 7.89. The number of sulfonamides is 1. The summed E-state index contributed by atoms with van der Waals surface area (Å²) in [5.41, 5.74) is 0. The van der Waals surface area contributed by atoms with Gasteiger partial charge in [0.15, 0.2) is 0 Å². The van der Waals surface area contributed by atoms with Gasteiger partial charge in [-0.1, -0.05) is 30.3 Å². The van der Waals surface area contributed by atoms with Crippen LogP contribution in [0.3, 0.4) is 0 Å². The number of hydrogen-bond acceptors (Lipinski definition) is 3. The topological polar surface area (TPSA) is 49.4 Å². The van der Waals surface area contributed by atoms with Gasteiger partial charge >= 0.3 is 0 Å². The van der Waals surface area contributed by atoms with Crippen molar-refractivity contribution in [1.29, 1.82) is 0 Å². The summed E-state index contributed by atoms with van der Waals surface area (Å²) in [5.74, 6) is 0. The van der Waals surface area contributed by atoms with Crippen LogP contribution in [0.4, 0.5) is 0 Å². The zero-order valence-corrected chi connectivity index (χ0v) is 12.2. The second-order valence-corrected chi connectivity index (χ2v) is 7.17. The second-order valence-electron chi connectivity index (χ2n) is 5.23. The third kappa shape index (κ3) is 2.44. The molecule has 1 unspecified atom stereocenters. The van der Waals surface area contributed by atoms with Crippen LogP contribution in [0, 0.1) is 0 Å². The van der Waals surface area contributed by atoms with E-state index in [0.717, 1.165) is 10.8 Å². The van der Waals surface area contributed by atoms with Crippen molar-refractivity contribution in [3.8, 4) is 0 Å². The number of hydrogen-bond donors (Lipinski definition) is 1. The minimum atomic E-state index is -3.39. The molecule has 3 rings (SSSR count). The van der Waals surface area contributed by atoms with Gasteiger partial charge in [0.1, 0.15) is 0 Å². The molecule has 1 atom stereocenters. The van der Waals surface area contributed by atoms with Gasteiger partial charge < -0.3 is 5.32 Å². The maximum absolute atomic E-state index is 12.7. The lowest BCUT2D eigenvalue weighted by atomic mass is 10.1. The molecule has 1 N–H and O–H groups in total. The van der Waals surface area contributed by atoms with Crippen molar-refractivity contribution < 1.29 is 8.42 Å². The maximum Gasteiger partial charge on any atom is 0.243 e. The summed E-state index contributed by atoms with van der Waals surface area (Å²) in [4.78, 5) is 0.380. The average molecular weight is 290 g/mol. The van der Waals surface area contributed by atoms with Crippen LogP contribution in [-0.2, 0) is 10.0 Å². The fraction of sp³-hybridized carbons (Fsp3) is 0.333. The Bertz CT molecular complexity index is 727. The molecule has 1 aliphatic heterocycles. The SMILES string of the molecule is CC1CN(S(=O)(=O)c2ccc3ccccc3c2)CCN1. The number of benzene rings is 2. The fourth-order valence-electron chi connectivity index (χ4n) is 2.59. The van der Waals surface area contributed by atoms with Crippen molar-refractivity contribution in [3.63, 3.8) is 0 Å². The van der Waals surface area contributed by atoms with E-state index in [1.165, 1.54) is 0 Å². The molecule has 106 valence electrons. The molecular weight excluding hydrogens is 272 g/mol. The Hall–Kier alpha value is -1.43. The Morgan fingerprint density at radius 3 is 2.65 bits per heavy atom. The molecule has 0 spiro atoms. The van der Waals surface area contributed by atoms with Gasteiger partial charge in [0.05, 0.1) is 4.90 Å². The van der Waals surface area contributed by atoms with Crippen molar-refractivity contribution in [2.45, 2.75) is 17.9 Å². The van der Waals surface area contributed by atoms with Crippen LogP contribution in [0.5, 0.6) is 0 Å². The minimum Gasteiger partial charge on any atom is -0.312 e. The van der Waals surface area contributed by atoms with E-state index in [4.69, 9.17) is 0 Å². The highest BCUT2D eigenvalue weighted by Crippen LogP contribution is 2.22. The number of nitrogens with one attached hydrogen (secondary N) is 1. The summed E-state index contributed by atoms with van der Waals surface area (Å²) in [6, 6.07) is 13.3. The van der Waals surface area contributed by atoms with Gasteiger partial charge in [-0.25, -0.2) is 8.42 Å². The molecule has 0 amide bonds. The number of rotatable bonds is 2. The number of fused-ring (bicyclic) bond motifs is 1. The quantitative estimate of drug-likeness (QED) is 0.918. The van der Waals surface area contributed by atoms with Crippen LogP contribution in [0.15, 0.2) is 47.4 Å². The van der Waals surface area contributed by atoms with Crippen molar-refractivity contribution in [2.24, 2.45) is 0 Å². The van der Waals surface area contributed by atoms with E-state index in [1.807, 2.05) is 37.3 Å². The van der Waals surface area contributed by atoms with E-state index in [1.54, 1.807) is 16.4 Å². The first-order chi connectivity index (χ1) is 9.57. The van der Waals surface area contributed by atoms with Gasteiger partial charge in [-0.3, -0.25) is 0 Å². The molecule has 2 aromatic carbocycles. The summed E-state index contributed by atoms with van der Waals surface area (Å²) in [5, 5.41) is 5.27. The lowest BCUT2D eigenvalue weighted by molar-refractivity contribution is 0.310. The van der Waals surface area contributed by atoms with Gasteiger partial charge in [-0.05, 0) is 29.8 Å². The van der Waals surface area contributed by atoms with Crippen molar-refractivity contribution in [1.82, 2.24) is 9.62 Å². The summed E-state index contributed by atoms with van der Waals surface area (Å²) < 4.78 is 26.9. The first kappa shape index (κ1) is 13.5. The van der Waals surface area contributed by atoms with Gasteiger partial charge in [-0.2, -0.15) is 4.31 Å². The van der Waals surface area contributed by atoms with E-state index in [9.17, 15) is 8.42 Å². The molecule has 0 radical (unpaired) electrons. The molecular formula is C15H18N2O2S. The lowest BCUT2D eigenvalue weighted by Gasteiger charge is -2.31. The highest BCUT2D eigenvalue weighted by atomic mass is 32.2. The molecule has 2 aromatic rings. The Morgan fingerprint density at radius 1 is 1.15 bits per heavy atom. The monoisotopic (exact) mass is 290 g/mol. The Kier molecular flexibility index (Phi) is 3.50. The Labute approximate surface area is 119 Å². The fourth-order valence-corrected chi connectivity index (χ4v) is 4.16. The third-order valence-corrected chi connectivity index (χ3v) is 5.55. The van der Waals surface area contributed by atoms with E-state index < -0.39 is 10.0 Å². The molecule has 0 bridgehead atoms. The third-order valence-electron chi connectivity index (χ3n) is 3.69. The highest BCUT2D eigenvalue weighted by Gasteiger charge is 2.28. The number of nitrogens with zero attached hydrogens (tertiary/aromatic N) is 1. The molecule has 1 heterocycles. The molecule has 4 nitrogen and oxygen atoms in total. The number of piperazine rings is 1. The average Bonchev–Trinajstić information content (AvgIpc) is 2.46. The standard InChI is InChI=1S/C15H18N2O2S/c1-12-11-17(9-8-16-12)20(18,19)15-7-6-13-4-2-3-5-14(13)10-15/h2-7,10,12,16H,8-9,11H2,1H3. The molecule has 1 fully saturated rings. The van der Waals surface area contributed by atoms with Crippen LogP contribution in [0.1, 0.15) is 6.92 Å². The van der Waals surface area contributed by atoms with E-state index in [2.05, 4.69) is 5.32 Å². The molecule has 20 heavy (non-hydrogen) atoms. The largest absolute Gasteiger partial charge is 0.312 e. The smallest absolute Gasteiger partial charge is 0.243 e. The summed E-state index contributed by atoms with van der Waals surface area (Å²) in [7, 11) is -3.39. The van der Waals surface area contributed by atoms with Crippen LogP contribution in [-0.4, -0.2) is 38.4 Å². The lowest BCUT2D eigenvalue weighted by Crippen LogP contribution is -2.51. The predicted molar refractivity (Wildman–Crippen MR) is 80.2 cm³/mol. The molecule has 0 saturated carbocycles. The summed E-state index contributed by atoms with van der Waals surface area (Å²) >= 11 is 0. The zero-order valence-electron chi connectivity index (χ0n) is 11.4. The van der Waals surface area contributed by atoms with Crippen LogP contribution in [0.25, 0.3) is 10.8 Å². The van der Waals surface area contributed by atoms with Crippen LogP contribution < -0.4 is 5.32 Å². The Balaban J connectivity index is 2.00. The molecule has 1 saturated heterocycles. The summed E-state index contributed by atoms with van der Waals surface area (Å²) in [6.45, 7) is 3.75. The van der Waals surface area contributed by atoms with E-state index in [-0.39, 0.29) is 6.04 Å². The van der Waals surface area contributed by atoms with Crippen molar-refractivity contribution in [3.05, 3.63) is 42.5 Å². The zero-order chi connectivity index (χ0) is 14.2. The van der Waals surface area contributed by atoms with Gasteiger partial charge in [0.25, 0.3) is 0 Å². The van der Waals surface area contributed by atoms with Gasteiger partial charge in [0.2, 0.25) is 10.0 Å². The van der Waals surface area contributed by atoms with Gasteiger partial charge in [0, 0.05) is 25.7 Å². The van der Waals surface area contributed by atoms with Crippen molar-refractivity contribution in [2.75, 3.05) is 19.6 Å². The predicted octanol–water partition coefficient (Wildman–Crippen LogP) is 1.82. The summed E-state index contributed by atoms with van der Waals surface area (Å²) in [6.07, 6.45) is 0. The Morgan fingerprint density at radius 2 is 1.90 bits per heavy atom. The maximum atomic E-state index is 12.7.